The minimum absolute atomic E-state index is 0.253. The number of amides is 1. The average molecular weight is 316 g/mol. The summed E-state index contributed by atoms with van der Waals surface area (Å²) in [4.78, 5) is 14.4. The highest BCUT2D eigenvalue weighted by Crippen LogP contribution is 2.29. The molecule has 4 heterocycles. The second-order valence-electron chi connectivity index (χ2n) is 6.19. The van der Waals surface area contributed by atoms with E-state index in [9.17, 15) is 4.79 Å². The fraction of sp³-hybridized carbons (Fsp3) is 0.562. The maximum absolute atomic E-state index is 12.3. The summed E-state index contributed by atoms with van der Waals surface area (Å²) in [6, 6.07) is 2.04. The van der Waals surface area contributed by atoms with Gasteiger partial charge in [0.1, 0.15) is 11.6 Å². The van der Waals surface area contributed by atoms with Gasteiger partial charge in [0.2, 0.25) is 5.91 Å². The van der Waals surface area contributed by atoms with E-state index in [2.05, 4.69) is 20.1 Å². The highest BCUT2D eigenvalue weighted by atomic mass is 32.1. The number of carbonyl (C=O) groups excluding carboxylic acids is 1. The molecule has 1 saturated heterocycles. The van der Waals surface area contributed by atoms with Crippen molar-refractivity contribution in [2.24, 2.45) is 0 Å². The lowest BCUT2D eigenvalue weighted by Crippen LogP contribution is -2.39. The Balaban J connectivity index is 1.37. The van der Waals surface area contributed by atoms with Crippen molar-refractivity contribution >= 4 is 17.2 Å². The van der Waals surface area contributed by atoms with E-state index in [-0.39, 0.29) is 5.91 Å². The van der Waals surface area contributed by atoms with Crippen molar-refractivity contribution in [1.29, 1.82) is 0 Å². The van der Waals surface area contributed by atoms with Crippen LogP contribution < -0.4 is 0 Å². The van der Waals surface area contributed by atoms with Gasteiger partial charge in [-0.05, 0) is 41.7 Å². The number of hydrogen-bond donors (Lipinski definition) is 0. The van der Waals surface area contributed by atoms with Crippen molar-refractivity contribution in [2.45, 2.75) is 44.6 Å². The second kappa shape index (κ2) is 5.83. The van der Waals surface area contributed by atoms with Gasteiger partial charge < -0.3 is 9.47 Å². The Morgan fingerprint density at radius 1 is 1.27 bits per heavy atom. The Morgan fingerprint density at radius 3 is 2.91 bits per heavy atom. The van der Waals surface area contributed by atoms with Crippen molar-refractivity contribution in [3.8, 4) is 0 Å². The quantitative estimate of drug-likeness (QED) is 0.872. The van der Waals surface area contributed by atoms with Crippen LogP contribution >= 0.6 is 11.3 Å². The summed E-state index contributed by atoms with van der Waals surface area (Å²) in [6.45, 7) is 2.75. The fourth-order valence-corrected chi connectivity index (χ4v) is 4.21. The summed E-state index contributed by atoms with van der Waals surface area (Å²) in [6.07, 6.45) is 4.80. The number of hydrogen-bond acceptors (Lipinski definition) is 4. The van der Waals surface area contributed by atoms with E-state index in [4.69, 9.17) is 0 Å². The minimum atomic E-state index is 0.253. The normalized spacial score (nSPS) is 18.6. The maximum atomic E-state index is 12.3. The van der Waals surface area contributed by atoms with E-state index in [1.165, 1.54) is 6.42 Å². The molecular formula is C16H20N4OS. The molecule has 4 rings (SSSR count). The molecule has 0 bridgehead atoms. The van der Waals surface area contributed by atoms with Gasteiger partial charge in [0.25, 0.3) is 0 Å². The SMILES string of the molecule is O=C(Cc1ccsc1)N1CCC(c2nnc3n2CCC3)CC1. The van der Waals surface area contributed by atoms with E-state index in [1.54, 1.807) is 11.3 Å². The van der Waals surface area contributed by atoms with Crippen molar-refractivity contribution in [1.82, 2.24) is 19.7 Å². The zero-order valence-corrected chi connectivity index (χ0v) is 13.4. The average Bonchev–Trinajstić information content (AvgIpc) is 3.25. The third-order valence-electron chi connectivity index (χ3n) is 4.79. The predicted octanol–water partition coefficient (Wildman–Crippen LogP) is 2.23. The first-order valence-corrected chi connectivity index (χ1v) is 8.96. The van der Waals surface area contributed by atoms with Crippen molar-refractivity contribution in [3.05, 3.63) is 34.0 Å². The summed E-state index contributed by atoms with van der Waals surface area (Å²) in [5.74, 6) is 3.01. The Labute approximate surface area is 134 Å². The first kappa shape index (κ1) is 13.9. The molecule has 0 unspecified atom stereocenters. The van der Waals surface area contributed by atoms with Gasteiger partial charge in [-0.1, -0.05) is 0 Å². The molecule has 0 atom stereocenters. The number of carbonyl (C=O) groups is 1. The molecule has 116 valence electrons. The third-order valence-corrected chi connectivity index (χ3v) is 5.52. The second-order valence-corrected chi connectivity index (χ2v) is 6.97. The Kier molecular flexibility index (Phi) is 3.70. The van der Waals surface area contributed by atoms with Crippen LogP contribution in [0.3, 0.4) is 0 Å². The number of nitrogens with zero attached hydrogens (tertiary/aromatic N) is 4. The smallest absolute Gasteiger partial charge is 0.227 e. The molecule has 0 aliphatic carbocycles. The molecule has 2 aliphatic heterocycles. The Hall–Kier alpha value is -1.69. The summed E-state index contributed by atoms with van der Waals surface area (Å²) in [7, 11) is 0. The van der Waals surface area contributed by atoms with Crippen LogP contribution in [0, 0.1) is 0 Å². The summed E-state index contributed by atoms with van der Waals surface area (Å²) >= 11 is 1.65. The maximum Gasteiger partial charge on any atom is 0.227 e. The lowest BCUT2D eigenvalue weighted by Gasteiger charge is -2.31. The molecule has 1 fully saturated rings. The van der Waals surface area contributed by atoms with Gasteiger partial charge in [0.05, 0.1) is 6.42 Å². The predicted molar refractivity (Wildman–Crippen MR) is 84.9 cm³/mol. The van der Waals surface area contributed by atoms with Gasteiger partial charge in [-0.2, -0.15) is 11.3 Å². The Bertz CT molecular complexity index is 656. The first-order valence-electron chi connectivity index (χ1n) is 8.02. The molecule has 0 aromatic carbocycles. The molecule has 2 aliphatic rings. The molecule has 0 saturated carbocycles. The van der Waals surface area contributed by atoms with Crippen molar-refractivity contribution < 1.29 is 4.79 Å². The van der Waals surface area contributed by atoms with E-state index < -0.39 is 0 Å². The van der Waals surface area contributed by atoms with Crippen LogP contribution in [0.15, 0.2) is 16.8 Å². The molecule has 0 N–H and O–H groups in total. The molecule has 5 nitrogen and oxygen atoms in total. The van der Waals surface area contributed by atoms with Gasteiger partial charge in [0, 0.05) is 32.0 Å². The minimum Gasteiger partial charge on any atom is -0.342 e. The van der Waals surface area contributed by atoms with Crippen LogP contribution in [0.2, 0.25) is 0 Å². The fourth-order valence-electron chi connectivity index (χ4n) is 3.54. The van der Waals surface area contributed by atoms with E-state index in [1.807, 2.05) is 16.3 Å². The molecular weight excluding hydrogens is 296 g/mol. The van der Waals surface area contributed by atoms with Gasteiger partial charge in [-0.3, -0.25) is 4.79 Å². The van der Waals surface area contributed by atoms with Crippen molar-refractivity contribution in [2.75, 3.05) is 13.1 Å². The molecule has 2 aromatic rings. The van der Waals surface area contributed by atoms with Crippen LogP contribution in [-0.4, -0.2) is 38.7 Å². The zero-order valence-electron chi connectivity index (χ0n) is 12.6. The van der Waals surface area contributed by atoms with E-state index in [0.29, 0.717) is 12.3 Å². The van der Waals surface area contributed by atoms with Gasteiger partial charge in [0.15, 0.2) is 0 Å². The van der Waals surface area contributed by atoms with Crippen LogP contribution in [0.25, 0.3) is 0 Å². The summed E-state index contributed by atoms with van der Waals surface area (Å²) in [5, 5.41) is 12.8. The van der Waals surface area contributed by atoms with Gasteiger partial charge >= 0.3 is 0 Å². The van der Waals surface area contributed by atoms with E-state index in [0.717, 1.165) is 56.1 Å². The molecule has 1 amide bonds. The number of rotatable bonds is 3. The highest BCUT2D eigenvalue weighted by Gasteiger charge is 2.29. The largest absolute Gasteiger partial charge is 0.342 e. The van der Waals surface area contributed by atoms with Crippen LogP contribution in [0.1, 0.15) is 42.4 Å². The lowest BCUT2D eigenvalue weighted by atomic mass is 9.95. The van der Waals surface area contributed by atoms with Crippen LogP contribution in [-0.2, 0) is 24.2 Å². The number of piperidine rings is 1. The number of thiophene rings is 1. The van der Waals surface area contributed by atoms with Gasteiger partial charge in [-0.25, -0.2) is 0 Å². The summed E-state index contributed by atoms with van der Waals surface area (Å²) < 4.78 is 2.30. The van der Waals surface area contributed by atoms with Crippen LogP contribution in [0.4, 0.5) is 0 Å². The molecule has 2 aromatic heterocycles. The highest BCUT2D eigenvalue weighted by molar-refractivity contribution is 7.07. The zero-order chi connectivity index (χ0) is 14.9. The number of aryl methyl sites for hydroxylation is 1. The molecule has 0 spiro atoms. The van der Waals surface area contributed by atoms with E-state index >= 15 is 0 Å². The first-order chi connectivity index (χ1) is 10.8. The molecule has 22 heavy (non-hydrogen) atoms. The monoisotopic (exact) mass is 316 g/mol. The van der Waals surface area contributed by atoms with Crippen molar-refractivity contribution in [3.63, 3.8) is 0 Å². The number of likely N-dealkylation sites (tertiary alicyclic amines) is 1. The van der Waals surface area contributed by atoms with Crippen LogP contribution in [0.5, 0.6) is 0 Å². The molecule has 6 heteroatoms. The standard InChI is InChI=1S/C16H20N4OS/c21-15(10-12-5-9-22-11-12)19-7-3-13(4-8-19)16-18-17-14-2-1-6-20(14)16/h5,9,11,13H,1-4,6-8,10H2. The lowest BCUT2D eigenvalue weighted by molar-refractivity contribution is -0.131. The molecule has 0 radical (unpaired) electrons. The Morgan fingerprint density at radius 2 is 2.14 bits per heavy atom. The number of aromatic nitrogens is 3. The van der Waals surface area contributed by atoms with Gasteiger partial charge in [-0.15, -0.1) is 10.2 Å². The topological polar surface area (TPSA) is 51.0 Å². The third kappa shape index (κ3) is 2.56. The number of fused-ring (bicyclic) bond motifs is 1. The summed E-state index contributed by atoms with van der Waals surface area (Å²) in [5.41, 5.74) is 1.13.